The van der Waals surface area contributed by atoms with Crippen LogP contribution in [-0.4, -0.2) is 37.2 Å². The van der Waals surface area contributed by atoms with E-state index in [0.29, 0.717) is 19.3 Å². The summed E-state index contributed by atoms with van der Waals surface area (Å²) in [6.07, 6.45) is 57.8. The molecule has 0 bridgehead atoms. The number of esters is 3. The van der Waals surface area contributed by atoms with E-state index in [0.717, 1.165) is 77.0 Å². The van der Waals surface area contributed by atoms with Crippen LogP contribution in [0, 0.1) is 0 Å². The van der Waals surface area contributed by atoms with E-state index in [2.05, 4.69) is 81.5 Å². The minimum atomic E-state index is -0.805. The van der Waals surface area contributed by atoms with Gasteiger partial charge in [0.1, 0.15) is 13.2 Å². The topological polar surface area (TPSA) is 78.9 Å². The van der Waals surface area contributed by atoms with Gasteiger partial charge in [0.25, 0.3) is 0 Å². The molecule has 0 radical (unpaired) electrons. The average molecular weight is 825 g/mol. The van der Waals surface area contributed by atoms with Gasteiger partial charge in [-0.05, 0) is 96.3 Å². The lowest BCUT2D eigenvalue weighted by Crippen LogP contribution is -2.30. The predicted molar refractivity (Wildman–Crippen MR) is 251 cm³/mol. The van der Waals surface area contributed by atoms with Gasteiger partial charge in [-0.2, -0.15) is 0 Å². The Morgan fingerprint density at radius 3 is 1.08 bits per heavy atom. The number of carbonyl (C=O) groups is 3. The van der Waals surface area contributed by atoms with Gasteiger partial charge in [-0.3, -0.25) is 14.4 Å². The van der Waals surface area contributed by atoms with Crippen molar-refractivity contribution in [2.45, 2.75) is 245 Å². The molecule has 0 aromatic rings. The molecule has 0 fully saturated rings. The van der Waals surface area contributed by atoms with E-state index in [1.54, 1.807) is 0 Å². The molecule has 59 heavy (non-hydrogen) atoms. The minimum absolute atomic E-state index is 0.101. The maximum Gasteiger partial charge on any atom is 0.306 e. The molecule has 0 aromatic heterocycles. The molecule has 0 rings (SSSR count). The van der Waals surface area contributed by atoms with E-state index in [1.807, 2.05) is 0 Å². The molecule has 6 heteroatoms. The first-order chi connectivity index (χ1) is 29.0. The minimum Gasteiger partial charge on any atom is -0.462 e. The fraction of sp³-hybridized carbons (Fsp3) is 0.755. The van der Waals surface area contributed by atoms with Crippen molar-refractivity contribution in [1.29, 1.82) is 0 Å². The van der Waals surface area contributed by atoms with E-state index >= 15 is 0 Å². The van der Waals surface area contributed by atoms with Crippen LogP contribution in [0.4, 0.5) is 0 Å². The molecule has 0 unspecified atom stereocenters. The lowest BCUT2D eigenvalue weighted by atomic mass is 10.1. The molecule has 1 atom stereocenters. The number of hydrogen-bond donors (Lipinski definition) is 0. The van der Waals surface area contributed by atoms with Gasteiger partial charge in [-0.25, -0.2) is 0 Å². The SMILES string of the molecule is CCCC/C=C\CCCCCCCC(=O)OC[C@@H](COC(=O)CCCCCCC/C=C\CCCCCC)OC(=O)CCC/C=C\C/C=C\C/C=C\CCCCCCCC. The van der Waals surface area contributed by atoms with E-state index in [-0.39, 0.29) is 37.5 Å². The predicted octanol–water partition coefficient (Wildman–Crippen LogP) is 16.1. The fourth-order valence-electron chi connectivity index (χ4n) is 6.67. The third kappa shape index (κ3) is 46.0. The highest BCUT2D eigenvalue weighted by Crippen LogP contribution is 2.13. The van der Waals surface area contributed by atoms with E-state index < -0.39 is 6.10 Å². The summed E-state index contributed by atoms with van der Waals surface area (Å²) >= 11 is 0. The molecule has 0 spiro atoms. The first-order valence-electron chi connectivity index (χ1n) is 24.8. The van der Waals surface area contributed by atoms with Gasteiger partial charge in [0.05, 0.1) is 0 Å². The van der Waals surface area contributed by atoms with Crippen LogP contribution in [0.5, 0.6) is 0 Å². The van der Waals surface area contributed by atoms with Crippen LogP contribution in [0.3, 0.4) is 0 Å². The van der Waals surface area contributed by atoms with Crippen LogP contribution in [0.1, 0.15) is 239 Å². The molecule has 0 aliphatic carbocycles. The van der Waals surface area contributed by atoms with Crippen LogP contribution in [0.2, 0.25) is 0 Å². The molecule has 0 saturated heterocycles. The summed E-state index contributed by atoms with van der Waals surface area (Å²) in [6.45, 7) is 6.51. The molecule has 0 N–H and O–H groups in total. The quantitative estimate of drug-likeness (QED) is 0.0263. The summed E-state index contributed by atoms with van der Waals surface area (Å²) < 4.78 is 16.7. The Bertz CT molecular complexity index is 1090. The second-order valence-electron chi connectivity index (χ2n) is 16.4. The largest absolute Gasteiger partial charge is 0.462 e. The van der Waals surface area contributed by atoms with Crippen LogP contribution in [-0.2, 0) is 28.6 Å². The van der Waals surface area contributed by atoms with Crippen molar-refractivity contribution in [3.8, 4) is 0 Å². The maximum atomic E-state index is 12.7. The van der Waals surface area contributed by atoms with Crippen molar-refractivity contribution in [2.75, 3.05) is 13.2 Å². The summed E-state index contributed by atoms with van der Waals surface area (Å²) in [5.41, 5.74) is 0. The van der Waals surface area contributed by atoms with Gasteiger partial charge in [-0.15, -0.1) is 0 Å². The summed E-state index contributed by atoms with van der Waals surface area (Å²) in [4.78, 5) is 37.8. The van der Waals surface area contributed by atoms with Crippen molar-refractivity contribution in [1.82, 2.24) is 0 Å². The molecular formula is C53H92O6. The maximum absolute atomic E-state index is 12.7. The first-order valence-corrected chi connectivity index (χ1v) is 24.8. The summed E-state index contributed by atoms with van der Waals surface area (Å²) in [5.74, 6) is -0.972. The Morgan fingerprint density at radius 2 is 0.644 bits per heavy atom. The highest BCUT2D eigenvalue weighted by molar-refractivity contribution is 5.71. The van der Waals surface area contributed by atoms with E-state index in [1.165, 1.54) is 116 Å². The molecule has 0 saturated carbocycles. The Morgan fingerprint density at radius 1 is 0.339 bits per heavy atom. The van der Waals surface area contributed by atoms with Crippen LogP contribution in [0.15, 0.2) is 60.8 Å². The molecule has 0 aromatic carbocycles. The highest BCUT2D eigenvalue weighted by atomic mass is 16.6. The summed E-state index contributed by atoms with van der Waals surface area (Å²) in [7, 11) is 0. The van der Waals surface area contributed by atoms with E-state index in [9.17, 15) is 14.4 Å². The number of ether oxygens (including phenoxy) is 3. The summed E-state index contributed by atoms with van der Waals surface area (Å²) in [5, 5.41) is 0. The van der Waals surface area contributed by atoms with Gasteiger partial charge in [0.2, 0.25) is 0 Å². The Balaban J connectivity index is 4.47. The second-order valence-corrected chi connectivity index (χ2v) is 16.4. The van der Waals surface area contributed by atoms with Gasteiger partial charge in [0.15, 0.2) is 6.10 Å². The lowest BCUT2D eigenvalue weighted by Gasteiger charge is -2.18. The van der Waals surface area contributed by atoms with Crippen molar-refractivity contribution in [3.05, 3.63) is 60.8 Å². The number of allylic oxidation sites excluding steroid dienone is 10. The zero-order valence-electron chi connectivity index (χ0n) is 38.8. The van der Waals surface area contributed by atoms with Gasteiger partial charge < -0.3 is 14.2 Å². The Kier molecular flexibility index (Phi) is 45.4. The second kappa shape index (κ2) is 47.8. The standard InChI is InChI=1S/C53H92O6/c1-4-7-10-13-16-19-22-24-25-26-27-29-32-35-38-41-44-47-53(56)59-50(48-57-51(54)45-42-39-36-33-30-21-18-15-12-9-6-3)49-58-52(55)46-43-40-37-34-31-28-23-20-17-14-11-8-5-2/h15,18,20,23-25,27,29,35,38,50H,4-14,16-17,19,21-22,26,28,30-34,36-37,39-49H2,1-3H3/b18-15-,23-20-,25-24-,29-27-,38-35-/t50-/m0/s1. The monoisotopic (exact) mass is 825 g/mol. The Labute approximate surface area is 364 Å². The molecule has 0 heterocycles. The number of carbonyl (C=O) groups excluding carboxylic acids is 3. The van der Waals surface area contributed by atoms with Crippen LogP contribution >= 0.6 is 0 Å². The normalized spacial score (nSPS) is 12.5. The van der Waals surface area contributed by atoms with E-state index in [4.69, 9.17) is 14.2 Å². The van der Waals surface area contributed by atoms with Gasteiger partial charge >= 0.3 is 17.9 Å². The average Bonchev–Trinajstić information content (AvgIpc) is 3.23. The van der Waals surface area contributed by atoms with Crippen LogP contribution < -0.4 is 0 Å². The van der Waals surface area contributed by atoms with Crippen LogP contribution in [0.25, 0.3) is 0 Å². The number of hydrogen-bond acceptors (Lipinski definition) is 6. The fourth-order valence-corrected chi connectivity index (χ4v) is 6.67. The van der Waals surface area contributed by atoms with Crippen molar-refractivity contribution < 1.29 is 28.6 Å². The smallest absolute Gasteiger partial charge is 0.306 e. The molecule has 0 amide bonds. The molecule has 0 aliphatic heterocycles. The van der Waals surface area contributed by atoms with Gasteiger partial charge in [0, 0.05) is 19.3 Å². The number of unbranched alkanes of at least 4 members (excludes halogenated alkanes) is 23. The summed E-state index contributed by atoms with van der Waals surface area (Å²) in [6, 6.07) is 0. The molecular weight excluding hydrogens is 733 g/mol. The zero-order valence-corrected chi connectivity index (χ0v) is 38.8. The first kappa shape index (κ1) is 56.1. The molecule has 0 aliphatic rings. The number of rotatable bonds is 44. The van der Waals surface area contributed by atoms with Crippen molar-refractivity contribution in [3.63, 3.8) is 0 Å². The molecule has 340 valence electrons. The van der Waals surface area contributed by atoms with Crippen molar-refractivity contribution in [2.24, 2.45) is 0 Å². The third-order valence-corrected chi connectivity index (χ3v) is 10.5. The highest BCUT2D eigenvalue weighted by Gasteiger charge is 2.19. The third-order valence-electron chi connectivity index (χ3n) is 10.5. The lowest BCUT2D eigenvalue weighted by molar-refractivity contribution is -0.167. The van der Waals surface area contributed by atoms with Crippen molar-refractivity contribution >= 4 is 17.9 Å². The Hall–Kier alpha value is -2.89. The zero-order chi connectivity index (χ0) is 43.0. The van der Waals surface area contributed by atoms with Gasteiger partial charge in [-0.1, -0.05) is 184 Å². The molecule has 6 nitrogen and oxygen atoms in total.